The summed E-state index contributed by atoms with van der Waals surface area (Å²) in [5, 5.41) is 13.1. The zero-order chi connectivity index (χ0) is 14.9. The number of hydrogen-bond donors (Lipinski definition) is 1. The van der Waals surface area contributed by atoms with Gasteiger partial charge in [-0.2, -0.15) is 18.2 Å². The molecule has 0 saturated heterocycles. The Morgan fingerprint density at radius 3 is 2.55 bits per heavy atom. The summed E-state index contributed by atoms with van der Waals surface area (Å²) in [5.41, 5.74) is 0.442. The predicted octanol–water partition coefficient (Wildman–Crippen LogP) is 3.42. The molecule has 0 aliphatic rings. The van der Waals surface area contributed by atoms with Crippen LogP contribution in [-0.4, -0.2) is 27.5 Å². The first-order chi connectivity index (χ1) is 9.30. The summed E-state index contributed by atoms with van der Waals surface area (Å²) >= 11 is 5.93. The molecule has 2 aromatic rings. The highest BCUT2D eigenvalue weighted by atomic mass is 35.5. The minimum Gasteiger partial charge on any atom is -0.383 e. The number of hydrogen-bond acceptors (Lipinski definition) is 4. The maximum atomic E-state index is 12.4. The maximum Gasteiger partial charge on any atom is 0.415 e. The molecule has 0 aliphatic carbocycles. The standard InChI is InChI=1S/C12H10ClF3N2O2/c1-6(9(19)12(14,15)16)11-17-10(18-20-11)7-4-2-3-5-8(7)13/h2-6,9,19H,1H3. The Morgan fingerprint density at radius 2 is 1.95 bits per heavy atom. The van der Waals surface area contributed by atoms with Crippen LogP contribution in [0.25, 0.3) is 11.4 Å². The van der Waals surface area contributed by atoms with Crippen LogP contribution in [-0.2, 0) is 0 Å². The number of aliphatic hydroxyl groups is 1. The Bertz CT molecular complexity index is 600. The molecule has 0 radical (unpaired) electrons. The molecule has 0 saturated carbocycles. The first kappa shape index (κ1) is 14.8. The van der Waals surface area contributed by atoms with Crippen LogP contribution < -0.4 is 0 Å². The van der Waals surface area contributed by atoms with E-state index in [1.54, 1.807) is 24.3 Å². The van der Waals surface area contributed by atoms with Gasteiger partial charge in [0.2, 0.25) is 11.7 Å². The molecule has 4 nitrogen and oxygen atoms in total. The number of aromatic nitrogens is 2. The molecule has 0 fully saturated rings. The Morgan fingerprint density at radius 1 is 1.30 bits per heavy atom. The average molecular weight is 307 g/mol. The van der Waals surface area contributed by atoms with Crippen LogP contribution in [0.5, 0.6) is 0 Å². The average Bonchev–Trinajstić information content (AvgIpc) is 2.86. The Hall–Kier alpha value is -1.60. The monoisotopic (exact) mass is 306 g/mol. The smallest absolute Gasteiger partial charge is 0.383 e. The lowest BCUT2D eigenvalue weighted by Gasteiger charge is -2.17. The van der Waals surface area contributed by atoms with Crippen molar-refractivity contribution >= 4 is 11.6 Å². The van der Waals surface area contributed by atoms with Gasteiger partial charge in [-0.3, -0.25) is 0 Å². The highest BCUT2D eigenvalue weighted by molar-refractivity contribution is 6.33. The van der Waals surface area contributed by atoms with Gasteiger partial charge in [0.25, 0.3) is 0 Å². The molecule has 2 rings (SSSR count). The van der Waals surface area contributed by atoms with Crippen LogP contribution in [0.4, 0.5) is 13.2 Å². The SMILES string of the molecule is CC(c1nc(-c2ccccc2Cl)no1)C(O)C(F)(F)F. The molecule has 0 aliphatic heterocycles. The van der Waals surface area contributed by atoms with Crippen molar-refractivity contribution in [1.82, 2.24) is 10.1 Å². The molecular formula is C12H10ClF3N2O2. The van der Waals surface area contributed by atoms with Crippen molar-refractivity contribution in [3.05, 3.63) is 35.2 Å². The Balaban J connectivity index is 2.28. The molecule has 108 valence electrons. The summed E-state index contributed by atoms with van der Waals surface area (Å²) in [6, 6.07) is 6.59. The largest absolute Gasteiger partial charge is 0.415 e. The third kappa shape index (κ3) is 2.94. The van der Waals surface area contributed by atoms with Crippen LogP contribution in [0.3, 0.4) is 0 Å². The first-order valence-corrected chi connectivity index (χ1v) is 6.01. The van der Waals surface area contributed by atoms with Crippen LogP contribution >= 0.6 is 11.6 Å². The number of nitrogens with zero attached hydrogens (tertiary/aromatic N) is 2. The second-order valence-electron chi connectivity index (χ2n) is 4.21. The normalized spacial score (nSPS) is 15.1. The fourth-order valence-corrected chi connectivity index (χ4v) is 1.81. The molecule has 2 atom stereocenters. The van der Waals surface area contributed by atoms with E-state index in [-0.39, 0.29) is 11.7 Å². The van der Waals surface area contributed by atoms with E-state index in [0.717, 1.165) is 6.92 Å². The van der Waals surface area contributed by atoms with Gasteiger partial charge in [-0.05, 0) is 12.1 Å². The van der Waals surface area contributed by atoms with Crippen molar-refractivity contribution in [1.29, 1.82) is 0 Å². The van der Waals surface area contributed by atoms with Crippen molar-refractivity contribution in [2.75, 3.05) is 0 Å². The fourth-order valence-electron chi connectivity index (χ4n) is 1.59. The van der Waals surface area contributed by atoms with E-state index in [1.165, 1.54) is 0 Å². The summed E-state index contributed by atoms with van der Waals surface area (Å²) in [7, 11) is 0. The zero-order valence-electron chi connectivity index (χ0n) is 10.2. The quantitative estimate of drug-likeness (QED) is 0.944. The number of rotatable bonds is 3. The summed E-state index contributed by atoms with van der Waals surface area (Å²) in [4.78, 5) is 3.85. The van der Waals surface area contributed by atoms with Crippen LogP contribution in [0.2, 0.25) is 5.02 Å². The molecule has 1 aromatic heterocycles. The molecule has 1 aromatic carbocycles. The van der Waals surface area contributed by atoms with E-state index >= 15 is 0 Å². The molecule has 1 heterocycles. The lowest BCUT2D eigenvalue weighted by atomic mass is 10.0. The topological polar surface area (TPSA) is 59.2 Å². The lowest BCUT2D eigenvalue weighted by Crippen LogP contribution is -2.33. The minimum absolute atomic E-state index is 0.0758. The number of halogens is 4. The maximum absolute atomic E-state index is 12.4. The van der Waals surface area contributed by atoms with Crippen molar-refractivity contribution in [3.8, 4) is 11.4 Å². The third-order valence-corrected chi connectivity index (χ3v) is 3.08. The Kier molecular flexibility index (Phi) is 4.01. The van der Waals surface area contributed by atoms with E-state index in [2.05, 4.69) is 10.1 Å². The van der Waals surface area contributed by atoms with Crippen molar-refractivity contribution in [3.63, 3.8) is 0 Å². The molecule has 2 unspecified atom stereocenters. The predicted molar refractivity (Wildman–Crippen MR) is 65.2 cm³/mol. The van der Waals surface area contributed by atoms with Gasteiger partial charge in [-0.25, -0.2) is 0 Å². The van der Waals surface area contributed by atoms with Crippen molar-refractivity contribution < 1.29 is 22.8 Å². The number of benzene rings is 1. The van der Waals surface area contributed by atoms with Gasteiger partial charge >= 0.3 is 6.18 Å². The second-order valence-corrected chi connectivity index (χ2v) is 4.62. The first-order valence-electron chi connectivity index (χ1n) is 5.64. The van der Waals surface area contributed by atoms with Gasteiger partial charge in [0.1, 0.15) is 0 Å². The molecule has 8 heteroatoms. The number of alkyl halides is 3. The van der Waals surface area contributed by atoms with E-state index in [9.17, 15) is 13.2 Å². The summed E-state index contributed by atoms with van der Waals surface area (Å²) in [6.45, 7) is 1.15. The highest BCUT2D eigenvalue weighted by Gasteiger charge is 2.44. The Labute approximate surface area is 117 Å². The van der Waals surface area contributed by atoms with Gasteiger partial charge < -0.3 is 9.63 Å². The van der Waals surface area contributed by atoms with Crippen LogP contribution in [0.1, 0.15) is 18.7 Å². The summed E-state index contributed by atoms with van der Waals surface area (Å²) in [6.07, 6.45) is -7.32. The van der Waals surface area contributed by atoms with Crippen molar-refractivity contribution in [2.24, 2.45) is 0 Å². The van der Waals surface area contributed by atoms with Gasteiger partial charge in [-0.1, -0.05) is 35.8 Å². The number of aliphatic hydroxyl groups excluding tert-OH is 1. The molecule has 0 bridgehead atoms. The second kappa shape index (κ2) is 5.41. The van der Waals surface area contributed by atoms with Gasteiger partial charge in [-0.15, -0.1) is 0 Å². The van der Waals surface area contributed by atoms with Crippen LogP contribution in [0, 0.1) is 0 Å². The highest BCUT2D eigenvalue weighted by Crippen LogP contribution is 2.32. The summed E-state index contributed by atoms with van der Waals surface area (Å²) < 4.78 is 42.0. The molecular weight excluding hydrogens is 297 g/mol. The van der Waals surface area contributed by atoms with E-state index in [1.807, 2.05) is 0 Å². The molecule has 20 heavy (non-hydrogen) atoms. The van der Waals surface area contributed by atoms with Gasteiger partial charge in [0.15, 0.2) is 6.10 Å². The summed E-state index contributed by atoms with van der Waals surface area (Å²) in [5.74, 6) is -1.59. The zero-order valence-corrected chi connectivity index (χ0v) is 11.0. The fraction of sp³-hybridized carbons (Fsp3) is 0.333. The minimum atomic E-state index is -4.75. The van der Waals surface area contributed by atoms with Gasteiger partial charge in [0, 0.05) is 5.56 Å². The van der Waals surface area contributed by atoms with Crippen LogP contribution in [0.15, 0.2) is 28.8 Å². The molecule has 1 N–H and O–H groups in total. The lowest BCUT2D eigenvalue weighted by molar-refractivity contribution is -0.210. The van der Waals surface area contributed by atoms with E-state index in [0.29, 0.717) is 10.6 Å². The third-order valence-electron chi connectivity index (χ3n) is 2.75. The van der Waals surface area contributed by atoms with E-state index in [4.69, 9.17) is 21.2 Å². The molecule has 0 spiro atoms. The van der Waals surface area contributed by atoms with Gasteiger partial charge in [0.05, 0.1) is 10.9 Å². The molecule has 0 amide bonds. The van der Waals surface area contributed by atoms with E-state index < -0.39 is 18.2 Å². The van der Waals surface area contributed by atoms with Crippen molar-refractivity contribution in [2.45, 2.75) is 25.1 Å².